The molecule has 0 atom stereocenters. The second kappa shape index (κ2) is 6.43. The Morgan fingerprint density at radius 3 is 2.44 bits per heavy atom. The maximum Gasteiger partial charge on any atom is 0.255 e. The molecule has 0 aliphatic heterocycles. The molecule has 0 saturated heterocycles. The van der Waals surface area contributed by atoms with E-state index in [1.807, 2.05) is 18.2 Å². The van der Waals surface area contributed by atoms with Crippen molar-refractivity contribution in [1.82, 2.24) is 5.32 Å². The largest absolute Gasteiger partial charge is 0.496 e. The molecule has 0 spiro atoms. The molecule has 0 radical (unpaired) electrons. The summed E-state index contributed by atoms with van der Waals surface area (Å²) in [7, 11) is 1.60. The third kappa shape index (κ3) is 3.76. The summed E-state index contributed by atoms with van der Waals surface area (Å²) in [5.41, 5.74) is 1.77. The number of nitrogens with one attached hydrogen (secondary N) is 1. The Bertz CT molecular complexity index is 411. The van der Waals surface area contributed by atoms with Crippen molar-refractivity contribution in [3.05, 3.63) is 29.3 Å². The van der Waals surface area contributed by atoms with Crippen molar-refractivity contribution < 1.29 is 9.53 Å². The molecule has 18 heavy (non-hydrogen) atoms. The van der Waals surface area contributed by atoms with Gasteiger partial charge in [0.05, 0.1) is 12.7 Å². The van der Waals surface area contributed by atoms with Gasteiger partial charge in [-0.15, -0.1) is 0 Å². The lowest BCUT2D eigenvalue weighted by Crippen LogP contribution is -2.27. The highest BCUT2D eigenvalue weighted by molar-refractivity contribution is 5.97. The van der Waals surface area contributed by atoms with Gasteiger partial charge in [0.2, 0.25) is 0 Å². The van der Waals surface area contributed by atoms with E-state index in [-0.39, 0.29) is 5.91 Å². The summed E-state index contributed by atoms with van der Waals surface area (Å²) in [6.07, 6.45) is 0. The van der Waals surface area contributed by atoms with Crippen molar-refractivity contribution in [2.75, 3.05) is 13.7 Å². The number of ether oxygens (including phenoxy) is 1. The fourth-order valence-corrected chi connectivity index (χ4v) is 1.65. The van der Waals surface area contributed by atoms with Gasteiger partial charge in [-0.2, -0.15) is 0 Å². The first-order chi connectivity index (χ1) is 8.45. The molecule has 0 aliphatic rings. The Kier molecular flexibility index (Phi) is 5.20. The van der Waals surface area contributed by atoms with E-state index in [0.717, 1.165) is 0 Å². The molecule has 0 saturated carbocycles. The molecule has 1 aromatic rings. The molecule has 0 aromatic heterocycles. The second-order valence-corrected chi connectivity index (χ2v) is 5.22. The minimum absolute atomic E-state index is 0.0733. The number of carbonyl (C=O) groups is 1. The van der Waals surface area contributed by atoms with E-state index in [2.05, 4.69) is 33.0 Å². The van der Waals surface area contributed by atoms with Gasteiger partial charge in [-0.3, -0.25) is 4.79 Å². The van der Waals surface area contributed by atoms with Crippen LogP contribution in [0.25, 0.3) is 0 Å². The molecule has 0 bridgehead atoms. The zero-order chi connectivity index (χ0) is 13.7. The van der Waals surface area contributed by atoms with Gasteiger partial charge >= 0.3 is 0 Å². The van der Waals surface area contributed by atoms with Crippen LogP contribution in [0.1, 0.15) is 49.5 Å². The third-order valence-electron chi connectivity index (χ3n) is 2.81. The predicted molar refractivity (Wildman–Crippen MR) is 74.3 cm³/mol. The van der Waals surface area contributed by atoms with Gasteiger partial charge in [0.15, 0.2) is 0 Å². The second-order valence-electron chi connectivity index (χ2n) is 5.22. The van der Waals surface area contributed by atoms with Gasteiger partial charge in [-0.1, -0.05) is 33.8 Å². The molecule has 1 aromatic carbocycles. The first kappa shape index (κ1) is 14.6. The minimum Gasteiger partial charge on any atom is -0.496 e. The predicted octanol–water partition coefficient (Wildman–Crippen LogP) is 3.20. The topological polar surface area (TPSA) is 38.3 Å². The third-order valence-corrected chi connectivity index (χ3v) is 2.81. The van der Waals surface area contributed by atoms with Gasteiger partial charge < -0.3 is 10.1 Å². The van der Waals surface area contributed by atoms with Crippen molar-refractivity contribution in [3.8, 4) is 5.75 Å². The molecule has 0 fully saturated rings. The Hall–Kier alpha value is -1.51. The van der Waals surface area contributed by atoms with Crippen molar-refractivity contribution in [2.24, 2.45) is 5.92 Å². The van der Waals surface area contributed by atoms with Crippen molar-refractivity contribution >= 4 is 5.91 Å². The summed E-state index contributed by atoms with van der Waals surface area (Å²) in [4.78, 5) is 12.0. The van der Waals surface area contributed by atoms with Gasteiger partial charge in [0.1, 0.15) is 5.75 Å². The Balaban J connectivity index is 2.91. The van der Waals surface area contributed by atoms with E-state index in [9.17, 15) is 4.79 Å². The Labute approximate surface area is 110 Å². The first-order valence-corrected chi connectivity index (χ1v) is 6.41. The van der Waals surface area contributed by atoms with Gasteiger partial charge in [-0.05, 0) is 29.5 Å². The summed E-state index contributed by atoms with van der Waals surface area (Å²) in [5.74, 6) is 1.43. The van der Waals surface area contributed by atoms with Crippen molar-refractivity contribution in [2.45, 2.75) is 33.6 Å². The lowest BCUT2D eigenvalue weighted by molar-refractivity contribution is 0.0946. The van der Waals surface area contributed by atoms with Crippen LogP contribution in [0.15, 0.2) is 18.2 Å². The van der Waals surface area contributed by atoms with Crippen LogP contribution < -0.4 is 10.1 Å². The summed E-state index contributed by atoms with van der Waals surface area (Å²) < 4.78 is 5.30. The normalized spacial score (nSPS) is 10.8. The van der Waals surface area contributed by atoms with Crippen LogP contribution in [0.4, 0.5) is 0 Å². The Morgan fingerprint density at radius 2 is 1.94 bits per heavy atom. The summed E-state index contributed by atoms with van der Waals surface area (Å²) in [5, 5.41) is 2.90. The molecule has 100 valence electrons. The molecule has 0 unspecified atom stereocenters. The molecule has 1 rings (SSSR count). The molecule has 0 aliphatic carbocycles. The van der Waals surface area contributed by atoms with E-state index in [0.29, 0.717) is 29.7 Å². The smallest absolute Gasteiger partial charge is 0.255 e. The summed E-state index contributed by atoms with van der Waals surface area (Å²) >= 11 is 0. The van der Waals surface area contributed by atoms with E-state index in [1.165, 1.54) is 5.56 Å². The zero-order valence-corrected chi connectivity index (χ0v) is 11.9. The van der Waals surface area contributed by atoms with Gasteiger partial charge in [-0.25, -0.2) is 0 Å². The monoisotopic (exact) mass is 249 g/mol. The van der Waals surface area contributed by atoms with Crippen LogP contribution in [-0.2, 0) is 0 Å². The molecule has 0 heterocycles. The van der Waals surface area contributed by atoms with Crippen LogP contribution in [0.2, 0.25) is 0 Å². The van der Waals surface area contributed by atoms with E-state index >= 15 is 0 Å². The first-order valence-electron chi connectivity index (χ1n) is 6.41. The van der Waals surface area contributed by atoms with Crippen LogP contribution >= 0.6 is 0 Å². The fraction of sp³-hybridized carbons (Fsp3) is 0.533. The lowest BCUT2D eigenvalue weighted by Gasteiger charge is -2.13. The highest BCUT2D eigenvalue weighted by Crippen LogP contribution is 2.24. The number of benzene rings is 1. The molecule has 1 N–H and O–H groups in total. The number of hydrogen-bond donors (Lipinski definition) is 1. The Morgan fingerprint density at radius 1 is 1.28 bits per heavy atom. The van der Waals surface area contributed by atoms with E-state index in [4.69, 9.17) is 4.74 Å². The fourth-order valence-electron chi connectivity index (χ4n) is 1.65. The van der Waals surface area contributed by atoms with E-state index < -0.39 is 0 Å². The van der Waals surface area contributed by atoms with Crippen molar-refractivity contribution in [3.63, 3.8) is 0 Å². The number of amides is 1. The average molecular weight is 249 g/mol. The number of methoxy groups -OCH3 is 1. The summed E-state index contributed by atoms with van der Waals surface area (Å²) in [6, 6.07) is 5.76. The molecular weight excluding hydrogens is 226 g/mol. The molecular formula is C15H23NO2. The standard InChI is InChI=1S/C15H23NO2/c1-10(2)9-16-15(17)13-7-6-12(11(3)4)8-14(13)18-5/h6-8,10-11H,9H2,1-5H3,(H,16,17). The highest BCUT2D eigenvalue weighted by atomic mass is 16.5. The van der Waals surface area contributed by atoms with Crippen molar-refractivity contribution in [1.29, 1.82) is 0 Å². The lowest BCUT2D eigenvalue weighted by atomic mass is 10.0. The SMILES string of the molecule is COc1cc(C(C)C)ccc1C(=O)NCC(C)C. The van der Waals surface area contributed by atoms with Crippen LogP contribution in [-0.4, -0.2) is 19.6 Å². The van der Waals surface area contributed by atoms with E-state index in [1.54, 1.807) is 7.11 Å². The van der Waals surface area contributed by atoms with Crippen LogP contribution in [0.5, 0.6) is 5.75 Å². The van der Waals surface area contributed by atoms with Gasteiger partial charge in [0, 0.05) is 6.54 Å². The molecule has 3 nitrogen and oxygen atoms in total. The number of hydrogen-bond acceptors (Lipinski definition) is 2. The maximum absolute atomic E-state index is 12.0. The van der Waals surface area contributed by atoms with Crippen LogP contribution in [0.3, 0.4) is 0 Å². The average Bonchev–Trinajstić information content (AvgIpc) is 2.34. The number of carbonyl (C=O) groups excluding carboxylic acids is 1. The van der Waals surface area contributed by atoms with Gasteiger partial charge in [0.25, 0.3) is 5.91 Å². The quantitative estimate of drug-likeness (QED) is 0.870. The minimum atomic E-state index is -0.0733. The van der Waals surface area contributed by atoms with Crippen LogP contribution in [0, 0.1) is 5.92 Å². The highest BCUT2D eigenvalue weighted by Gasteiger charge is 2.13. The molecule has 1 amide bonds. The zero-order valence-electron chi connectivity index (χ0n) is 11.9. The summed E-state index contributed by atoms with van der Waals surface area (Å²) in [6.45, 7) is 9.05. The maximum atomic E-state index is 12.0. The molecule has 3 heteroatoms. The number of rotatable bonds is 5.